The van der Waals surface area contributed by atoms with Gasteiger partial charge in [0, 0.05) is 24.6 Å². The number of hydrogen-bond acceptors (Lipinski definition) is 3. The van der Waals surface area contributed by atoms with Crippen molar-refractivity contribution in [3.05, 3.63) is 46.1 Å². The zero-order chi connectivity index (χ0) is 15.1. The Hall–Kier alpha value is -2.49. The fraction of sp³-hybridized carbons (Fsp3) is 0.235. The van der Waals surface area contributed by atoms with Crippen molar-refractivity contribution in [2.45, 2.75) is 6.92 Å². The van der Waals surface area contributed by atoms with Crippen LogP contribution in [0, 0.1) is 6.92 Å². The van der Waals surface area contributed by atoms with E-state index >= 15 is 0 Å². The Balaban J connectivity index is 2.61. The summed E-state index contributed by atoms with van der Waals surface area (Å²) in [6.07, 6.45) is 0. The third-order valence-corrected chi connectivity index (χ3v) is 3.86. The van der Waals surface area contributed by atoms with Crippen molar-refractivity contribution in [1.82, 2.24) is 4.57 Å². The van der Waals surface area contributed by atoms with E-state index in [1.54, 1.807) is 20.3 Å². The summed E-state index contributed by atoms with van der Waals surface area (Å²) in [5, 5.41) is 1.28. The number of pyridine rings is 1. The van der Waals surface area contributed by atoms with Gasteiger partial charge in [0.15, 0.2) is 0 Å². The molecule has 108 valence electrons. The number of methoxy groups -OCH3 is 2. The Morgan fingerprint density at radius 1 is 1.00 bits per heavy atom. The Labute approximate surface area is 122 Å². The van der Waals surface area contributed by atoms with Gasteiger partial charge >= 0.3 is 0 Å². The number of benzene rings is 2. The first kappa shape index (κ1) is 13.5. The molecule has 0 saturated carbocycles. The monoisotopic (exact) mass is 283 g/mol. The first-order chi connectivity index (χ1) is 10.1. The molecule has 0 amide bonds. The van der Waals surface area contributed by atoms with Crippen molar-refractivity contribution in [2.75, 3.05) is 14.2 Å². The summed E-state index contributed by atoms with van der Waals surface area (Å²) in [6, 6.07) is 9.49. The number of fused-ring (bicyclic) bond motifs is 2. The first-order valence-electron chi connectivity index (χ1n) is 6.72. The van der Waals surface area contributed by atoms with Crippen LogP contribution in [0.5, 0.6) is 11.5 Å². The standard InChI is InChI=1S/C17H17NO3/c1-10-5-6-13-12(7-10)17(19)16-14(18(13)2)8-11(20-3)9-15(16)21-4/h5-9H,1-4H3. The van der Waals surface area contributed by atoms with E-state index in [9.17, 15) is 4.79 Å². The van der Waals surface area contributed by atoms with E-state index in [2.05, 4.69) is 0 Å². The number of aromatic nitrogens is 1. The Morgan fingerprint density at radius 3 is 2.43 bits per heavy atom. The van der Waals surface area contributed by atoms with Gasteiger partial charge in [-0.15, -0.1) is 0 Å². The minimum atomic E-state index is -0.0127. The molecule has 0 N–H and O–H groups in total. The lowest BCUT2D eigenvalue weighted by Gasteiger charge is -2.14. The predicted molar refractivity (Wildman–Crippen MR) is 84.5 cm³/mol. The molecule has 1 heterocycles. The highest BCUT2D eigenvalue weighted by Gasteiger charge is 2.14. The van der Waals surface area contributed by atoms with Gasteiger partial charge in [-0.2, -0.15) is 0 Å². The molecule has 4 heteroatoms. The van der Waals surface area contributed by atoms with E-state index < -0.39 is 0 Å². The van der Waals surface area contributed by atoms with Crippen molar-refractivity contribution in [1.29, 1.82) is 0 Å². The van der Waals surface area contributed by atoms with Crippen LogP contribution in [0.3, 0.4) is 0 Å². The molecular formula is C17H17NO3. The largest absolute Gasteiger partial charge is 0.497 e. The van der Waals surface area contributed by atoms with Crippen LogP contribution in [0.4, 0.5) is 0 Å². The third kappa shape index (κ3) is 1.95. The van der Waals surface area contributed by atoms with Crippen LogP contribution >= 0.6 is 0 Å². The molecule has 0 unspecified atom stereocenters. The van der Waals surface area contributed by atoms with E-state index in [-0.39, 0.29) is 5.43 Å². The molecule has 3 aromatic rings. The van der Waals surface area contributed by atoms with Crippen LogP contribution in [0.2, 0.25) is 0 Å². The van der Waals surface area contributed by atoms with Gasteiger partial charge in [-0.1, -0.05) is 11.6 Å². The summed E-state index contributed by atoms with van der Waals surface area (Å²) in [6.45, 7) is 1.98. The molecule has 0 fully saturated rings. The van der Waals surface area contributed by atoms with Crippen molar-refractivity contribution in [3.63, 3.8) is 0 Å². The molecule has 4 nitrogen and oxygen atoms in total. The number of ether oxygens (including phenoxy) is 2. The average molecular weight is 283 g/mol. The second kappa shape index (κ2) is 4.81. The van der Waals surface area contributed by atoms with Crippen molar-refractivity contribution in [3.8, 4) is 11.5 Å². The lowest BCUT2D eigenvalue weighted by molar-refractivity contribution is 0.397. The van der Waals surface area contributed by atoms with Crippen LogP contribution in [-0.4, -0.2) is 18.8 Å². The van der Waals surface area contributed by atoms with Gasteiger partial charge in [-0.05, 0) is 19.1 Å². The topological polar surface area (TPSA) is 40.5 Å². The van der Waals surface area contributed by atoms with Crippen LogP contribution < -0.4 is 14.9 Å². The summed E-state index contributed by atoms with van der Waals surface area (Å²) < 4.78 is 12.7. The lowest BCUT2D eigenvalue weighted by Crippen LogP contribution is -2.10. The highest BCUT2D eigenvalue weighted by Crippen LogP contribution is 2.30. The highest BCUT2D eigenvalue weighted by molar-refractivity contribution is 5.97. The molecular weight excluding hydrogens is 266 g/mol. The second-order valence-electron chi connectivity index (χ2n) is 5.13. The average Bonchev–Trinajstić information content (AvgIpc) is 2.51. The molecule has 0 aliphatic heterocycles. The fourth-order valence-corrected chi connectivity index (χ4v) is 2.74. The van der Waals surface area contributed by atoms with Crippen LogP contribution in [-0.2, 0) is 7.05 Å². The van der Waals surface area contributed by atoms with Crippen LogP contribution in [0.1, 0.15) is 5.56 Å². The normalized spacial score (nSPS) is 11.0. The van der Waals surface area contributed by atoms with Gasteiger partial charge in [0.2, 0.25) is 5.43 Å². The third-order valence-electron chi connectivity index (χ3n) is 3.86. The zero-order valence-corrected chi connectivity index (χ0v) is 12.6. The molecule has 0 bridgehead atoms. The van der Waals surface area contributed by atoms with E-state index in [1.807, 2.05) is 42.8 Å². The van der Waals surface area contributed by atoms with Crippen molar-refractivity contribution < 1.29 is 9.47 Å². The van der Waals surface area contributed by atoms with Gasteiger partial charge in [0.1, 0.15) is 11.5 Å². The first-order valence-corrected chi connectivity index (χ1v) is 6.72. The van der Waals surface area contributed by atoms with E-state index in [1.165, 1.54) is 0 Å². The maximum atomic E-state index is 12.8. The molecule has 0 aliphatic rings. The summed E-state index contributed by atoms with van der Waals surface area (Å²) >= 11 is 0. The number of aryl methyl sites for hydroxylation is 2. The van der Waals surface area contributed by atoms with E-state index in [0.29, 0.717) is 22.3 Å². The van der Waals surface area contributed by atoms with E-state index in [0.717, 1.165) is 16.6 Å². The van der Waals surface area contributed by atoms with Gasteiger partial charge < -0.3 is 14.0 Å². The maximum absolute atomic E-state index is 12.8. The molecule has 21 heavy (non-hydrogen) atoms. The summed E-state index contributed by atoms with van der Waals surface area (Å²) in [7, 11) is 5.11. The molecule has 3 rings (SSSR count). The zero-order valence-electron chi connectivity index (χ0n) is 12.6. The summed E-state index contributed by atoms with van der Waals surface area (Å²) in [4.78, 5) is 12.8. The Morgan fingerprint density at radius 2 is 1.76 bits per heavy atom. The minimum Gasteiger partial charge on any atom is -0.497 e. The van der Waals surface area contributed by atoms with Gasteiger partial charge in [0.25, 0.3) is 0 Å². The van der Waals surface area contributed by atoms with Crippen LogP contribution in [0.15, 0.2) is 35.1 Å². The number of hydrogen-bond donors (Lipinski definition) is 0. The molecule has 0 aliphatic carbocycles. The van der Waals surface area contributed by atoms with Crippen molar-refractivity contribution >= 4 is 21.8 Å². The highest BCUT2D eigenvalue weighted by atomic mass is 16.5. The van der Waals surface area contributed by atoms with Gasteiger partial charge in [0.05, 0.1) is 30.6 Å². The Bertz CT molecular complexity index is 909. The smallest absolute Gasteiger partial charge is 0.200 e. The molecule has 0 atom stereocenters. The predicted octanol–water partition coefficient (Wildman–Crippen LogP) is 3.02. The minimum absolute atomic E-state index is 0.0127. The second-order valence-corrected chi connectivity index (χ2v) is 5.13. The lowest BCUT2D eigenvalue weighted by atomic mass is 10.1. The number of nitrogens with zero attached hydrogens (tertiary/aromatic N) is 1. The number of rotatable bonds is 2. The molecule has 0 saturated heterocycles. The molecule has 2 aromatic carbocycles. The Kier molecular flexibility index (Phi) is 3.09. The van der Waals surface area contributed by atoms with Crippen LogP contribution in [0.25, 0.3) is 21.8 Å². The molecule has 1 aromatic heterocycles. The van der Waals surface area contributed by atoms with Crippen molar-refractivity contribution in [2.24, 2.45) is 7.05 Å². The fourth-order valence-electron chi connectivity index (χ4n) is 2.74. The summed E-state index contributed by atoms with van der Waals surface area (Å²) in [5.41, 5.74) is 2.74. The SMILES string of the molecule is COc1cc(OC)c2c(=O)c3cc(C)ccc3n(C)c2c1. The summed E-state index contributed by atoms with van der Waals surface area (Å²) in [5.74, 6) is 1.20. The van der Waals surface area contributed by atoms with E-state index in [4.69, 9.17) is 9.47 Å². The quantitative estimate of drug-likeness (QED) is 0.679. The maximum Gasteiger partial charge on any atom is 0.200 e. The molecule has 0 radical (unpaired) electrons. The molecule has 0 spiro atoms. The van der Waals surface area contributed by atoms with Gasteiger partial charge in [-0.25, -0.2) is 0 Å². The van der Waals surface area contributed by atoms with Gasteiger partial charge in [-0.3, -0.25) is 4.79 Å².